The van der Waals surface area contributed by atoms with Gasteiger partial charge in [0.1, 0.15) is 0 Å². The van der Waals surface area contributed by atoms with E-state index in [9.17, 15) is 4.79 Å². The van der Waals surface area contributed by atoms with Crippen LogP contribution in [0.5, 0.6) is 0 Å². The quantitative estimate of drug-likeness (QED) is 0.501. The minimum atomic E-state index is 0.0854. The lowest BCUT2D eigenvalue weighted by Gasteiger charge is -2.25. The molecule has 0 aliphatic carbocycles. The van der Waals surface area contributed by atoms with Crippen molar-refractivity contribution in [3.05, 3.63) is 0 Å². The number of carbonyl (C=O) groups excluding carboxylic acids is 1. The van der Waals surface area contributed by atoms with Crippen molar-refractivity contribution in [3.8, 4) is 0 Å². The third-order valence-electron chi connectivity index (χ3n) is 1.55. The van der Waals surface area contributed by atoms with Gasteiger partial charge >= 0.3 is 0 Å². The van der Waals surface area contributed by atoms with Gasteiger partial charge < -0.3 is 4.90 Å². The Morgan fingerprint density at radius 2 is 2.00 bits per heavy atom. The van der Waals surface area contributed by atoms with Gasteiger partial charge in [-0.15, -0.1) is 10.9 Å². The van der Waals surface area contributed by atoms with E-state index in [-0.39, 0.29) is 11.3 Å². The molecule has 1 heterocycles. The maximum absolute atomic E-state index is 11.1. The summed E-state index contributed by atoms with van der Waals surface area (Å²) in [6.45, 7) is 6.33. The van der Waals surface area contributed by atoms with Crippen LogP contribution in [0, 0.1) is 5.41 Å². The van der Waals surface area contributed by atoms with E-state index in [0.717, 1.165) is 4.99 Å². The van der Waals surface area contributed by atoms with E-state index < -0.39 is 0 Å². The van der Waals surface area contributed by atoms with Gasteiger partial charge in [0.2, 0.25) is 0 Å². The van der Waals surface area contributed by atoms with Gasteiger partial charge in [-0.3, -0.25) is 4.79 Å². The first-order valence-corrected chi connectivity index (χ1v) is 4.46. The topological polar surface area (TPSA) is 20.3 Å². The van der Waals surface area contributed by atoms with Crippen molar-refractivity contribution in [2.24, 2.45) is 5.41 Å². The Morgan fingerprint density at radius 1 is 1.45 bits per heavy atom. The van der Waals surface area contributed by atoms with Crippen molar-refractivity contribution < 1.29 is 4.79 Å². The summed E-state index contributed by atoms with van der Waals surface area (Å²) in [5.74, 6) is 0.0972. The number of hydrogen-bond donors (Lipinski definition) is 0. The van der Waals surface area contributed by atoms with Crippen LogP contribution >= 0.6 is 10.9 Å². The number of carbonyl (C=O) groups is 1. The van der Waals surface area contributed by atoms with E-state index in [4.69, 9.17) is 0 Å². The molecule has 0 unspecified atom stereocenters. The number of rotatable bonds is 0. The van der Waals surface area contributed by atoms with Gasteiger partial charge in [-0.2, -0.15) is 0 Å². The summed E-state index contributed by atoms with van der Waals surface area (Å²) in [6.07, 6.45) is 0. The van der Waals surface area contributed by atoms with Crippen molar-refractivity contribution in [1.82, 2.24) is 4.90 Å². The molecule has 0 atom stereocenters. The summed E-state index contributed by atoms with van der Waals surface area (Å²) in [5, 5.41) is 1.65. The largest absolute Gasteiger partial charge is 0.306 e. The fourth-order valence-corrected chi connectivity index (χ4v) is 2.02. The Balaban J connectivity index is 2.95. The molecule has 0 fully saturated rings. The van der Waals surface area contributed by atoms with Crippen LogP contribution in [0.3, 0.4) is 0 Å². The standard InChI is InChI=1S/C8H13NOS/c1-8(2,3)7-9(4)6(10)5-11-7/h5H,1-4H3. The Labute approximate surface area is 70.7 Å². The van der Waals surface area contributed by atoms with Crippen LogP contribution in [0.1, 0.15) is 20.8 Å². The average molecular weight is 171 g/mol. The molecule has 0 saturated heterocycles. The summed E-state index contributed by atoms with van der Waals surface area (Å²) >= 11 is 0. The first-order valence-electron chi connectivity index (χ1n) is 3.58. The Bertz CT molecular complexity index is 256. The molecular formula is C8H13NOS. The van der Waals surface area contributed by atoms with Crippen LogP contribution in [0.15, 0.2) is 0 Å². The molecule has 0 bridgehead atoms. The van der Waals surface area contributed by atoms with Crippen molar-refractivity contribution in [2.45, 2.75) is 20.8 Å². The lowest BCUT2D eigenvalue weighted by Crippen LogP contribution is -2.36. The molecule has 0 saturated carbocycles. The van der Waals surface area contributed by atoms with E-state index in [0.29, 0.717) is 0 Å². The van der Waals surface area contributed by atoms with Crippen molar-refractivity contribution in [3.63, 3.8) is 0 Å². The zero-order valence-electron chi connectivity index (χ0n) is 7.34. The van der Waals surface area contributed by atoms with Crippen LogP contribution in [0.4, 0.5) is 0 Å². The maximum Gasteiger partial charge on any atom is 0.261 e. The highest BCUT2D eigenvalue weighted by molar-refractivity contribution is 7.98. The Hall–Kier alpha value is -0.570. The average Bonchev–Trinajstić information content (AvgIpc) is 2.11. The monoisotopic (exact) mass is 171 g/mol. The molecule has 0 aromatic carbocycles. The SMILES string of the molecule is CN1C(=O)C=S=C1C(C)(C)C. The zero-order chi connectivity index (χ0) is 8.65. The van der Waals surface area contributed by atoms with Crippen molar-refractivity contribution in [1.29, 1.82) is 0 Å². The molecule has 0 aromatic heterocycles. The second-order valence-electron chi connectivity index (χ2n) is 3.69. The Morgan fingerprint density at radius 3 is 2.18 bits per heavy atom. The molecule has 1 rings (SSSR count). The van der Waals surface area contributed by atoms with Crippen molar-refractivity contribution >= 4 is 27.2 Å². The summed E-state index contributed by atoms with van der Waals surface area (Å²) in [4.78, 5) is 13.9. The van der Waals surface area contributed by atoms with Gasteiger partial charge in [-0.25, -0.2) is 0 Å². The van der Waals surface area contributed by atoms with E-state index in [1.165, 1.54) is 10.9 Å². The third kappa shape index (κ3) is 1.53. The summed E-state index contributed by atoms with van der Waals surface area (Å²) in [7, 11) is 3.35. The predicted octanol–water partition coefficient (Wildman–Crippen LogP) is 1.17. The highest BCUT2D eigenvalue weighted by Gasteiger charge is 2.26. The van der Waals surface area contributed by atoms with Crippen LogP contribution in [-0.2, 0) is 4.79 Å². The lowest BCUT2D eigenvalue weighted by molar-refractivity contribution is -0.119. The second kappa shape index (κ2) is 2.48. The van der Waals surface area contributed by atoms with Gasteiger partial charge in [0.05, 0.1) is 10.4 Å². The molecule has 3 heteroatoms. The molecule has 0 N–H and O–H groups in total. The predicted molar refractivity (Wildman–Crippen MR) is 50.9 cm³/mol. The molecule has 1 aliphatic heterocycles. The van der Waals surface area contributed by atoms with Crippen LogP contribution in [0.2, 0.25) is 0 Å². The van der Waals surface area contributed by atoms with Gasteiger partial charge in [-0.1, -0.05) is 20.8 Å². The molecule has 11 heavy (non-hydrogen) atoms. The highest BCUT2D eigenvalue weighted by atomic mass is 32.1. The Kier molecular flexibility index (Phi) is 1.92. The fraction of sp³-hybridized carbons (Fsp3) is 0.625. The minimum absolute atomic E-state index is 0.0854. The van der Waals surface area contributed by atoms with E-state index in [2.05, 4.69) is 20.8 Å². The molecule has 1 aliphatic rings. The number of nitrogens with zero attached hydrogens (tertiary/aromatic N) is 1. The van der Waals surface area contributed by atoms with E-state index in [1.807, 2.05) is 7.05 Å². The molecule has 1 amide bonds. The fourth-order valence-electron chi connectivity index (χ4n) is 1.04. The molecule has 0 aromatic rings. The number of hydrogen-bond acceptors (Lipinski definition) is 1. The smallest absolute Gasteiger partial charge is 0.261 e. The number of amides is 1. The van der Waals surface area contributed by atoms with Crippen molar-refractivity contribution in [2.75, 3.05) is 7.05 Å². The minimum Gasteiger partial charge on any atom is -0.306 e. The summed E-state index contributed by atoms with van der Waals surface area (Å²) in [6, 6.07) is 0. The first-order chi connectivity index (χ1) is 4.93. The van der Waals surface area contributed by atoms with E-state index in [1.54, 1.807) is 10.3 Å². The van der Waals surface area contributed by atoms with E-state index >= 15 is 0 Å². The molecule has 0 spiro atoms. The highest BCUT2D eigenvalue weighted by Crippen LogP contribution is 2.21. The van der Waals surface area contributed by atoms with Crippen LogP contribution in [0.25, 0.3) is 0 Å². The van der Waals surface area contributed by atoms with Crippen LogP contribution < -0.4 is 0 Å². The van der Waals surface area contributed by atoms with Gasteiger partial charge in [-0.05, 0) is 0 Å². The maximum atomic E-state index is 11.1. The lowest BCUT2D eigenvalue weighted by atomic mass is 9.96. The molecule has 2 nitrogen and oxygen atoms in total. The molecule has 0 radical (unpaired) electrons. The summed E-state index contributed by atoms with van der Waals surface area (Å²) < 4.78 is 0. The van der Waals surface area contributed by atoms with Crippen LogP contribution in [-0.4, -0.2) is 28.2 Å². The molecular weight excluding hydrogens is 158 g/mol. The normalized spacial score (nSPS) is 18.4. The van der Waals surface area contributed by atoms with Gasteiger partial charge in [0, 0.05) is 12.5 Å². The van der Waals surface area contributed by atoms with Gasteiger partial charge in [0.25, 0.3) is 5.91 Å². The summed E-state index contributed by atoms with van der Waals surface area (Å²) in [5.41, 5.74) is 0.0854. The zero-order valence-corrected chi connectivity index (χ0v) is 8.16. The second-order valence-corrected chi connectivity index (χ2v) is 4.55. The van der Waals surface area contributed by atoms with Gasteiger partial charge in [0.15, 0.2) is 0 Å². The first kappa shape index (κ1) is 8.53. The third-order valence-corrected chi connectivity index (χ3v) is 2.98. The molecule has 62 valence electrons.